The number of phenols is 1. The van der Waals surface area contributed by atoms with Crippen LogP contribution in [-0.4, -0.2) is 25.3 Å². The van der Waals surface area contributed by atoms with Crippen molar-refractivity contribution in [2.24, 2.45) is 5.14 Å². The van der Waals surface area contributed by atoms with Gasteiger partial charge in [-0.05, 0) is 35.9 Å². The van der Waals surface area contributed by atoms with Crippen molar-refractivity contribution in [3.63, 3.8) is 0 Å². The van der Waals surface area contributed by atoms with Gasteiger partial charge < -0.3 is 10.4 Å². The van der Waals surface area contributed by atoms with Gasteiger partial charge in [-0.15, -0.1) is 0 Å². The van der Waals surface area contributed by atoms with Crippen molar-refractivity contribution >= 4 is 28.1 Å². The Labute approximate surface area is 144 Å². The predicted molar refractivity (Wildman–Crippen MR) is 91.2 cm³/mol. The van der Waals surface area contributed by atoms with Crippen LogP contribution in [0.25, 0.3) is 6.08 Å². The molecule has 0 radical (unpaired) electrons. The minimum absolute atomic E-state index is 0.0148. The van der Waals surface area contributed by atoms with E-state index in [0.717, 1.165) is 0 Å². The van der Waals surface area contributed by atoms with Gasteiger partial charge in [-0.25, -0.2) is 9.86 Å². The van der Waals surface area contributed by atoms with Crippen LogP contribution in [0.15, 0.2) is 60.3 Å². The summed E-state index contributed by atoms with van der Waals surface area (Å²) in [5, 5.41) is 16.4. The lowest BCUT2D eigenvalue weighted by molar-refractivity contribution is -0.116. The minimum Gasteiger partial charge on any atom is -0.508 e. The van der Waals surface area contributed by atoms with Crippen LogP contribution >= 0.6 is 0 Å². The Hall–Kier alpha value is -3.17. The highest BCUT2D eigenvalue weighted by Gasteiger charge is 2.17. The molecule has 2 amide bonds. The number of aromatic hydroxyl groups is 1. The van der Waals surface area contributed by atoms with E-state index in [-0.39, 0.29) is 17.0 Å². The van der Waals surface area contributed by atoms with Crippen LogP contribution in [-0.2, 0) is 15.0 Å². The van der Waals surface area contributed by atoms with Gasteiger partial charge >= 0.3 is 0 Å². The van der Waals surface area contributed by atoms with Gasteiger partial charge in [-0.2, -0.15) is 8.42 Å². The Morgan fingerprint density at radius 2 is 1.60 bits per heavy atom. The van der Waals surface area contributed by atoms with Gasteiger partial charge in [0.25, 0.3) is 22.0 Å². The summed E-state index contributed by atoms with van der Waals surface area (Å²) in [6, 6.07) is 13.8. The average molecular weight is 361 g/mol. The SMILES string of the molecule is NS(=O)(=O)NC(=O)/C(=C/c1ccc(O)cc1)NC(=O)c1ccccc1. The molecule has 2 aromatic carbocycles. The zero-order valence-electron chi connectivity index (χ0n) is 12.8. The second kappa shape index (κ2) is 7.60. The summed E-state index contributed by atoms with van der Waals surface area (Å²) in [4.78, 5) is 24.3. The average Bonchev–Trinajstić information content (AvgIpc) is 2.55. The number of phenolic OH excluding ortho intramolecular Hbond substituents is 1. The highest BCUT2D eigenvalue weighted by molar-refractivity contribution is 7.87. The molecule has 130 valence electrons. The van der Waals surface area contributed by atoms with Crippen LogP contribution in [0.1, 0.15) is 15.9 Å². The van der Waals surface area contributed by atoms with E-state index in [0.29, 0.717) is 5.56 Å². The number of amides is 2. The first kappa shape index (κ1) is 18.2. The summed E-state index contributed by atoms with van der Waals surface area (Å²) >= 11 is 0. The first-order valence-electron chi connectivity index (χ1n) is 6.96. The Balaban J connectivity index is 2.33. The number of rotatable bonds is 5. The molecule has 0 aliphatic heterocycles. The number of benzene rings is 2. The van der Waals surface area contributed by atoms with E-state index in [2.05, 4.69) is 5.32 Å². The zero-order chi connectivity index (χ0) is 18.4. The van der Waals surface area contributed by atoms with E-state index in [1.165, 1.54) is 42.5 Å². The number of hydrogen-bond donors (Lipinski definition) is 4. The van der Waals surface area contributed by atoms with E-state index in [4.69, 9.17) is 5.14 Å². The van der Waals surface area contributed by atoms with E-state index in [1.807, 2.05) is 0 Å². The molecule has 0 unspecified atom stereocenters. The maximum atomic E-state index is 12.2. The molecule has 0 aliphatic rings. The van der Waals surface area contributed by atoms with E-state index < -0.39 is 22.0 Å². The monoisotopic (exact) mass is 361 g/mol. The van der Waals surface area contributed by atoms with Crippen molar-refractivity contribution < 1.29 is 23.1 Å². The van der Waals surface area contributed by atoms with Gasteiger partial charge in [-0.3, -0.25) is 9.59 Å². The molecule has 0 saturated carbocycles. The van der Waals surface area contributed by atoms with Crippen LogP contribution in [0.3, 0.4) is 0 Å². The maximum absolute atomic E-state index is 12.2. The van der Waals surface area contributed by atoms with Crippen molar-refractivity contribution in [2.45, 2.75) is 0 Å². The molecule has 8 nitrogen and oxygen atoms in total. The number of nitrogens with one attached hydrogen (secondary N) is 2. The molecule has 0 aromatic heterocycles. The van der Waals surface area contributed by atoms with Gasteiger partial charge in [0.2, 0.25) is 0 Å². The lowest BCUT2D eigenvalue weighted by Crippen LogP contribution is -2.41. The van der Waals surface area contributed by atoms with Crippen molar-refractivity contribution in [1.29, 1.82) is 0 Å². The van der Waals surface area contributed by atoms with Gasteiger partial charge in [0.05, 0.1) is 0 Å². The zero-order valence-corrected chi connectivity index (χ0v) is 13.7. The van der Waals surface area contributed by atoms with Crippen molar-refractivity contribution in [3.8, 4) is 5.75 Å². The summed E-state index contributed by atoms with van der Waals surface area (Å²) < 4.78 is 23.7. The Bertz CT molecular complexity index is 907. The smallest absolute Gasteiger partial charge is 0.299 e. The van der Waals surface area contributed by atoms with Gasteiger partial charge in [-0.1, -0.05) is 30.3 Å². The molecule has 0 spiro atoms. The maximum Gasteiger partial charge on any atom is 0.299 e. The molecule has 0 heterocycles. The molecule has 2 aromatic rings. The van der Waals surface area contributed by atoms with Crippen LogP contribution in [0.5, 0.6) is 5.75 Å². The summed E-state index contributed by atoms with van der Waals surface area (Å²) in [6.07, 6.45) is 1.25. The molecular weight excluding hydrogens is 346 g/mol. The Morgan fingerprint density at radius 1 is 1.00 bits per heavy atom. The van der Waals surface area contributed by atoms with Gasteiger partial charge in [0, 0.05) is 5.56 Å². The first-order valence-corrected chi connectivity index (χ1v) is 8.51. The molecule has 0 fully saturated rings. The topological polar surface area (TPSA) is 139 Å². The van der Waals surface area contributed by atoms with E-state index in [1.54, 1.807) is 22.9 Å². The third-order valence-electron chi connectivity index (χ3n) is 2.97. The highest BCUT2D eigenvalue weighted by atomic mass is 32.2. The van der Waals surface area contributed by atoms with Gasteiger partial charge in [0.15, 0.2) is 0 Å². The normalized spacial score (nSPS) is 11.6. The van der Waals surface area contributed by atoms with Crippen LogP contribution < -0.4 is 15.2 Å². The lowest BCUT2D eigenvalue weighted by atomic mass is 10.1. The fraction of sp³-hybridized carbons (Fsp3) is 0. The molecule has 5 N–H and O–H groups in total. The van der Waals surface area contributed by atoms with Crippen LogP contribution in [0, 0.1) is 0 Å². The fourth-order valence-electron chi connectivity index (χ4n) is 1.86. The van der Waals surface area contributed by atoms with Gasteiger partial charge in [0.1, 0.15) is 11.4 Å². The third-order valence-corrected chi connectivity index (χ3v) is 3.44. The number of carbonyl (C=O) groups is 2. The van der Waals surface area contributed by atoms with Crippen LogP contribution in [0.2, 0.25) is 0 Å². The summed E-state index contributed by atoms with van der Waals surface area (Å²) in [7, 11) is -4.30. The molecule has 2 rings (SSSR count). The molecule has 0 bridgehead atoms. The largest absolute Gasteiger partial charge is 0.508 e. The summed E-state index contributed by atoms with van der Waals surface area (Å²) in [5.74, 6) is -1.68. The minimum atomic E-state index is -4.30. The molecule has 0 saturated heterocycles. The second-order valence-electron chi connectivity index (χ2n) is 4.95. The third kappa shape index (κ3) is 5.75. The van der Waals surface area contributed by atoms with Crippen molar-refractivity contribution in [3.05, 3.63) is 71.4 Å². The standard InChI is InChI=1S/C16H15N3O5S/c17-25(23,24)19-16(22)14(10-11-6-8-13(20)9-7-11)18-15(21)12-4-2-1-3-5-12/h1-10,20H,(H,18,21)(H,19,22)(H2,17,23,24)/b14-10-. The second-order valence-corrected chi connectivity index (χ2v) is 6.24. The molecule has 0 aliphatic carbocycles. The Morgan fingerprint density at radius 3 is 2.16 bits per heavy atom. The summed E-state index contributed by atoms with van der Waals surface area (Å²) in [6.45, 7) is 0. The Kier molecular flexibility index (Phi) is 5.52. The quantitative estimate of drug-likeness (QED) is 0.574. The van der Waals surface area contributed by atoms with E-state index >= 15 is 0 Å². The lowest BCUT2D eigenvalue weighted by Gasteiger charge is -2.10. The predicted octanol–water partition coefficient (Wildman–Crippen LogP) is 0.483. The number of nitrogens with two attached hydrogens (primary N) is 1. The fourth-order valence-corrected chi connectivity index (χ4v) is 2.23. The highest BCUT2D eigenvalue weighted by Crippen LogP contribution is 2.12. The van der Waals surface area contributed by atoms with Crippen LogP contribution in [0.4, 0.5) is 0 Å². The van der Waals surface area contributed by atoms with Crippen molar-refractivity contribution in [2.75, 3.05) is 0 Å². The molecular formula is C16H15N3O5S. The molecule has 25 heavy (non-hydrogen) atoms. The number of carbonyl (C=O) groups excluding carboxylic acids is 2. The number of hydrogen-bond acceptors (Lipinski definition) is 5. The van der Waals surface area contributed by atoms with E-state index in [9.17, 15) is 23.1 Å². The molecule has 9 heteroatoms. The molecule has 0 atom stereocenters. The van der Waals surface area contributed by atoms with Crippen molar-refractivity contribution in [1.82, 2.24) is 10.0 Å². The first-order chi connectivity index (χ1) is 11.7. The summed E-state index contributed by atoms with van der Waals surface area (Å²) in [5.41, 5.74) is 0.404.